The van der Waals surface area contributed by atoms with Crippen molar-refractivity contribution in [2.45, 2.75) is 12.8 Å². The van der Waals surface area contributed by atoms with Crippen LogP contribution in [-0.2, 0) is 19.1 Å². The molecule has 5 heteroatoms. The molecule has 5 nitrogen and oxygen atoms in total. The van der Waals surface area contributed by atoms with E-state index < -0.39 is 0 Å². The summed E-state index contributed by atoms with van der Waals surface area (Å²) >= 11 is 0. The molecule has 0 unspecified atom stereocenters. The van der Waals surface area contributed by atoms with Gasteiger partial charge in [-0.2, -0.15) is 0 Å². The molecule has 0 rings (SSSR count). The zero-order chi connectivity index (χ0) is 10.1. The molecule has 0 spiro atoms. The van der Waals surface area contributed by atoms with Crippen LogP contribution in [0.3, 0.4) is 0 Å². The monoisotopic (exact) mass is 189 g/mol. The highest BCUT2D eigenvalue weighted by Gasteiger charge is 2.05. The van der Waals surface area contributed by atoms with Crippen LogP contribution in [0.5, 0.6) is 0 Å². The van der Waals surface area contributed by atoms with E-state index in [2.05, 4.69) is 10.1 Å². The van der Waals surface area contributed by atoms with Crippen molar-refractivity contribution in [2.24, 2.45) is 0 Å². The van der Waals surface area contributed by atoms with Crippen LogP contribution in [0.2, 0.25) is 0 Å². The lowest BCUT2D eigenvalue weighted by Gasteiger charge is -2.02. The molecule has 0 heterocycles. The van der Waals surface area contributed by atoms with Crippen molar-refractivity contribution in [1.82, 2.24) is 5.32 Å². The van der Waals surface area contributed by atoms with Crippen LogP contribution in [0.1, 0.15) is 12.8 Å². The summed E-state index contributed by atoms with van der Waals surface area (Å²) in [5.74, 6) is -0.538. The van der Waals surface area contributed by atoms with Gasteiger partial charge in [0.15, 0.2) is 0 Å². The minimum atomic E-state index is -0.374. The van der Waals surface area contributed by atoms with Crippen molar-refractivity contribution in [3.05, 3.63) is 0 Å². The molecule has 0 aromatic carbocycles. The van der Waals surface area contributed by atoms with Crippen LogP contribution in [0, 0.1) is 0 Å². The standard InChI is InChI=1S/C8H15NO4/c1-9-7(10)3-4-8(11)13-6-5-12-2/h3-6H2,1-2H3,(H,9,10). The van der Waals surface area contributed by atoms with Crippen molar-refractivity contribution in [3.8, 4) is 0 Å². The third-order valence-electron chi connectivity index (χ3n) is 1.39. The van der Waals surface area contributed by atoms with E-state index in [1.165, 1.54) is 14.2 Å². The van der Waals surface area contributed by atoms with Gasteiger partial charge < -0.3 is 14.8 Å². The molecule has 0 aromatic rings. The zero-order valence-electron chi connectivity index (χ0n) is 7.96. The van der Waals surface area contributed by atoms with E-state index in [-0.39, 0.29) is 31.3 Å². The average molecular weight is 189 g/mol. The van der Waals surface area contributed by atoms with E-state index >= 15 is 0 Å². The van der Waals surface area contributed by atoms with Gasteiger partial charge in [0.05, 0.1) is 13.0 Å². The number of nitrogens with one attached hydrogen (secondary N) is 1. The fourth-order valence-electron chi connectivity index (χ4n) is 0.652. The molecule has 0 fully saturated rings. The predicted molar refractivity (Wildman–Crippen MR) is 46.1 cm³/mol. The zero-order valence-corrected chi connectivity index (χ0v) is 7.96. The number of hydrogen-bond acceptors (Lipinski definition) is 4. The molecule has 1 N–H and O–H groups in total. The second kappa shape index (κ2) is 7.54. The highest BCUT2D eigenvalue weighted by Crippen LogP contribution is 1.92. The Morgan fingerprint density at radius 2 is 1.92 bits per heavy atom. The lowest BCUT2D eigenvalue weighted by atomic mass is 10.3. The minimum Gasteiger partial charge on any atom is -0.463 e. The molecule has 0 aromatic heterocycles. The first kappa shape index (κ1) is 11.9. The molecular formula is C8H15NO4. The van der Waals surface area contributed by atoms with Crippen LogP contribution in [0.4, 0.5) is 0 Å². The molecular weight excluding hydrogens is 174 g/mol. The van der Waals surface area contributed by atoms with E-state index in [0.29, 0.717) is 6.61 Å². The Morgan fingerprint density at radius 1 is 1.23 bits per heavy atom. The van der Waals surface area contributed by atoms with Gasteiger partial charge in [-0.25, -0.2) is 0 Å². The van der Waals surface area contributed by atoms with Gasteiger partial charge >= 0.3 is 5.97 Å². The van der Waals surface area contributed by atoms with Gasteiger partial charge in [0, 0.05) is 20.6 Å². The summed E-state index contributed by atoms with van der Waals surface area (Å²) in [6.45, 7) is 0.620. The van der Waals surface area contributed by atoms with Gasteiger partial charge in [-0.05, 0) is 0 Å². The van der Waals surface area contributed by atoms with Crippen molar-refractivity contribution >= 4 is 11.9 Å². The van der Waals surface area contributed by atoms with Crippen molar-refractivity contribution in [2.75, 3.05) is 27.4 Å². The van der Waals surface area contributed by atoms with Crippen LogP contribution in [0.25, 0.3) is 0 Å². The Balaban J connectivity index is 3.35. The third kappa shape index (κ3) is 7.27. The quantitative estimate of drug-likeness (QED) is 0.460. The summed E-state index contributed by atoms with van der Waals surface area (Å²) < 4.78 is 9.42. The number of hydrogen-bond donors (Lipinski definition) is 1. The second-order valence-electron chi connectivity index (χ2n) is 2.39. The maximum Gasteiger partial charge on any atom is 0.306 e. The minimum absolute atomic E-state index is 0.114. The van der Waals surface area contributed by atoms with E-state index in [4.69, 9.17) is 4.74 Å². The Kier molecular flexibility index (Phi) is 6.91. The van der Waals surface area contributed by atoms with Crippen LogP contribution < -0.4 is 5.32 Å². The number of methoxy groups -OCH3 is 1. The lowest BCUT2D eigenvalue weighted by Crippen LogP contribution is -2.19. The van der Waals surface area contributed by atoms with Gasteiger partial charge in [0.2, 0.25) is 5.91 Å². The first-order chi connectivity index (χ1) is 6.20. The molecule has 0 saturated heterocycles. The number of carbonyl (C=O) groups is 2. The van der Waals surface area contributed by atoms with E-state index in [1.807, 2.05) is 0 Å². The first-order valence-electron chi connectivity index (χ1n) is 4.06. The van der Waals surface area contributed by atoms with E-state index in [1.54, 1.807) is 0 Å². The SMILES string of the molecule is CNC(=O)CCC(=O)OCCOC. The highest BCUT2D eigenvalue weighted by molar-refractivity contribution is 5.80. The number of esters is 1. The molecule has 76 valence electrons. The van der Waals surface area contributed by atoms with Gasteiger partial charge in [-0.1, -0.05) is 0 Å². The number of amides is 1. The summed E-state index contributed by atoms with van der Waals surface area (Å²) in [6.07, 6.45) is 0.283. The maximum absolute atomic E-state index is 10.9. The third-order valence-corrected chi connectivity index (χ3v) is 1.39. The summed E-state index contributed by atoms with van der Waals surface area (Å²) in [5.41, 5.74) is 0. The maximum atomic E-state index is 10.9. The Labute approximate surface area is 77.4 Å². The molecule has 0 aliphatic carbocycles. The summed E-state index contributed by atoms with van der Waals surface area (Å²) in [7, 11) is 3.05. The molecule has 0 bridgehead atoms. The largest absolute Gasteiger partial charge is 0.463 e. The van der Waals surface area contributed by atoms with Crippen LogP contribution in [-0.4, -0.2) is 39.2 Å². The summed E-state index contributed by atoms with van der Waals surface area (Å²) in [5, 5.41) is 2.42. The molecule has 13 heavy (non-hydrogen) atoms. The van der Waals surface area contributed by atoms with Gasteiger partial charge in [-0.15, -0.1) is 0 Å². The van der Waals surface area contributed by atoms with Gasteiger partial charge in [0.25, 0.3) is 0 Å². The van der Waals surface area contributed by atoms with Crippen LogP contribution >= 0.6 is 0 Å². The number of ether oxygens (including phenoxy) is 2. The molecule has 0 saturated carbocycles. The summed E-state index contributed by atoms with van der Waals surface area (Å²) in [6, 6.07) is 0. The molecule has 0 aliphatic rings. The predicted octanol–water partition coefficient (Wildman–Crippen LogP) is -0.298. The Morgan fingerprint density at radius 3 is 2.46 bits per heavy atom. The molecule has 0 aliphatic heterocycles. The van der Waals surface area contributed by atoms with Crippen molar-refractivity contribution < 1.29 is 19.1 Å². The normalized spacial score (nSPS) is 9.38. The summed E-state index contributed by atoms with van der Waals surface area (Å²) in [4.78, 5) is 21.6. The first-order valence-corrected chi connectivity index (χ1v) is 4.06. The fraction of sp³-hybridized carbons (Fsp3) is 0.750. The molecule has 0 atom stereocenters. The average Bonchev–Trinajstić information content (AvgIpc) is 2.14. The lowest BCUT2D eigenvalue weighted by molar-refractivity contribution is -0.146. The second-order valence-corrected chi connectivity index (χ2v) is 2.39. The Hall–Kier alpha value is -1.10. The van der Waals surface area contributed by atoms with Crippen molar-refractivity contribution in [3.63, 3.8) is 0 Å². The number of carbonyl (C=O) groups excluding carboxylic acids is 2. The smallest absolute Gasteiger partial charge is 0.306 e. The van der Waals surface area contributed by atoms with E-state index in [9.17, 15) is 9.59 Å². The molecule has 1 amide bonds. The van der Waals surface area contributed by atoms with Crippen LogP contribution in [0.15, 0.2) is 0 Å². The van der Waals surface area contributed by atoms with Gasteiger partial charge in [-0.3, -0.25) is 9.59 Å². The topological polar surface area (TPSA) is 64.6 Å². The Bertz CT molecular complexity index is 170. The molecule has 0 radical (unpaired) electrons. The highest BCUT2D eigenvalue weighted by atomic mass is 16.6. The fourth-order valence-corrected chi connectivity index (χ4v) is 0.652. The van der Waals surface area contributed by atoms with E-state index in [0.717, 1.165) is 0 Å². The van der Waals surface area contributed by atoms with Crippen molar-refractivity contribution in [1.29, 1.82) is 0 Å². The van der Waals surface area contributed by atoms with Gasteiger partial charge in [0.1, 0.15) is 6.61 Å². The number of rotatable bonds is 6.